The largest absolute Gasteiger partial charge is 0.364 e. The van der Waals surface area contributed by atoms with Crippen molar-refractivity contribution in [2.75, 3.05) is 5.32 Å². The maximum Gasteiger partial charge on any atom is 0.364 e. The standard InChI is InChI=1S/C10H9N7O/c18-10-15-14-9-4-3-8(16-17(9)10)11-6-7-2-1-5-12-13-7/h1-5H,6H2,(H,11,16)(H,15,18). The average molecular weight is 243 g/mol. The van der Waals surface area contributed by atoms with Crippen molar-refractivity contribution in [3.05, 3.63) is 46.6 Å². The lowest BCUT2D eigenvalue weighted by Gasteiger charge is -2.03. The molecule has 0 atom stereocenters. The van der Waals surface area contributed by atoms with Gasteiger partial charge in [0.05, 0.1) is 12.2 Å². The molecule has 0 spiro atoms. The number of nitrogens with zero attached hydrogens (tertiary/aromatic N) is 5. The monoisotopic (exact) mass is 243 g/mol. The van der Waals surface area contributed by atoms with Crippen molar-refractivity contribution in [3.63, 3.8) is 0 Å². The van der Waals surface area contributed by atoms with E-state index in [2.05, 4.69) is 30.8 Å². The van der Waals surface area contributed by atoms with E-state index in [0.717, 1.165) is 5.69 Å². The van der Waals surface area contributed by atoms with Gasteiger partial charge in [0.2, 0.25) is 0 Å². The topological polar surface area (TPSA) is 101 Å². The molecule has 3 rings (SSSR count). The van der Waals surface area contributed by atoms with Gasteiger partial charge < -0.3 is 5.32 Å². The van der Waals surface area contributed by atoms with E-state index in [1.807, 2.05) is 6.07 Å². The summed E-state index contributed by atoms with van der Waals surface area (Å²) in [4.78, 5) is 11.3. The molecule has 8 heteroatoms. The molecule has 8 nitrogen and oxygen atoms in total. The minimum atomic E-state index is -0.367. The lowest BCUT2D eigenvalue weighted by Crippen LogP contribution is -2.14. The van der Waals surface area contributed by atoms with Crippen molar-refractivity contribution < 1.29 is 0 Å². The summed E-state index contributed by atoms with van der Waals surface area (Å²) in [5.41, 5.74) is 0.900. The molecule has 0 bridgehead atoms. The third kappa shape index (κ3) is 1.90. The molecule has 0 saturated heterocycles. The minimum Gasteiger partial charge on any atom is -0.363 e. The van der Waals surface area contributed by atoms with Crippen molar-refractivity contribution in [2.24, 2.45) is 0 Å². The molecule has 0 aliphatic carbocycles. The van der Waals surface area contributed by atoms with Gasteiger partial charge in [-0.3, -0.25) is 0 Å². The fraction of sp³-hybridized carbons (Fsp3) is 0.100. The van der Waals surface area contributed by atoms with Crippen LogP contribution >= 0.6 is 0 Å². The summed E-state index contributed by atoms with van der Waals surface area (Å²) in [6, 6.07) is 7.10. The van der Waals surface area contributed by atoms with Crippen LogP contribution in [0.3, 0.4) is 0 Å². The molecule has 0 unspecified atom stereocenters. The normalized spacial score (nSPS) is 10.7. The zero-order valence-electron chi connectivity index (χ0n) is 9.24. The highest BCUT2D eigenvalue weighted by atomic mass is 16.2. The number of fused-ring (bicyclic) bond motifs is 1. The fourth-order valence-electron chi connectivity index (χ4n) is 1.51. The van der Waals surface area contributed by atoms with Gasteiger partial charge >= 0.3 is 5.69 Å². The highest BCUT2D eigenvalue weighted by Gasteiger charge is 2.02. The van der Waals surface area contributed by atoms with Gasteiger partial charge in [-0.1, -0.05) is 0 Å². The summed E-state index contributed by atoms with van der Waals surface area (Å²) in [5.74, 6) is 0.566. The van der Waals surface area contributed by atoms with Gasteiger partial charge in [-0.05, 0) is 24.3 Å². The molecule has 18 heavy (non-hydrogen) atoms. The Morgan fingerprint density at radius 3 is 3.11 bits per heavy atom. The van der Waals surface area contributed by atoms with Crippen LogP contribution in [0.15, 0.2) is 35.3 Å². The van der Waals surface area contributed by atoms with E-state index in [9.17, 15) is 4.79 Å². The maximum absolute atomic E-state index is 11.3. The summed E-state index contributed by atoms with van der Waals surface area (Å²) < 4.78 is 1.19. The van der Waals surface area contributed by atoms with E-state index in [1.54, 1.807) is 24.4 Å². The summed E-state index contributed by atoms with van der Waals surface area (Å²) in [6.45, 7) is 0.485. The van der Waals surface area contributed by atoms with Crippen LogP contribution in [0, 0.1) is 0 Å². The first-order valence-corrected chi connectivity index (χ1v) is 5.28. The summed E-state index contributed by atoms with van der Waals surface area (Å²) in [7, 11) is 0. The number of anilines is 1. The minimum absolute atomic E-state index is 0.367. The van der Waals surface area contributed by atoms with Crippen molar-refractivity contribution in [1.29, 1.82) is 0 Å². The van der Waals surface area contributed by atoms with Crippen LogP contribution < -0.4 is 11.0 Å². The number of aromatic amines is 1. The quantitative estimate of drug-likeness (QED) is 0.661. The number of aromatic nitrogens is 6. The number of hydrogen-bond donors (Lipinski definition) is 2. The number of H-pyrrole nitrogens is 1. The predicted octanol–water partition coefficient (Wildman–Crippen LogP) is -0.180. The van der Waals surface area contributed by atoms with Crippen LogP contribution in [0.2, 0.25) is 0 Å². The maximum atomic E-state index is 11.3. The van der Waals surface area contributed by atoms with Gasteiger partial charge in [0.25, 0.3) is 0 Å². The van der Waals surface area contributed by atoms with Crippen LogP contribution in [-0.2, 0) is 6.54 Å². The second kappa shape index (κ2) is 4.24. The van der Waals surface area contributed by atoms with E-state index < -0.39 is 0 Å². The van der Waals surface area contributed by atoms with Gasteiger partial charge in [0.1, 0.15) is 5.82 Å². The number of nitrogens with one attached hydrogen (secondary N) is 2. The summed E-state index contributed by atoms with van der Waals surface area (Å²) in [6.07, 6.45) is 1.61. The molecule has 2 N–H and O–H groups in total. The molecular formula is C10H9N7O. The first-order chi connectivity index (χ1) is 8.83. The number of rotatable bonds is 3. The Morgan fingerprint density at radius 1 is 1.33 bits per heavy atom. The Morgan fingerprint density at radius 2 is 2.28 bits per heavy atom. The second-order valence-electron chi connectivity index (χ2n) is 3.59. The summed E-state index contributed by atoms with van der Waals surface area (Å²) in [5, 5.41) is 21.0. The molecule has 0 aliphatic heterocycles. The Hall–Kier alpha value is -2.77. The third-order valence-corrected chi connectivity index (χ3v) is 2.35. The molecule has 0 radical (unpaired) electrons. The van der Waals surface area contributed by atoms with Crippen molar-refractivity contribution in [1.82, 2.24) is 30.0 Å². The third-order valence-electron chi connectivity index (χ3n) is 2.35. The van der Waals surface area contributed by atoms with E-state index in [1.165, 1.54) is 4.52 Å². The first kappa shape index (κ1) is 10.4. The molecule has 0 aliphatic rings. The van der Waals surface area contributed by atoms with Crippen molar-refractivity contribution >= 4 is 11.5 Å². The lowest BCUT2D eigenvalue weighted by molar-refractivity contribution is 0.864. The van der Waals surface area contributed by atoms with Crippen LogP contribution in [0.4, 0.5) is 5.82 Å². The Labute approximate surface area is 101 Å². The lowest BCUT2D eigenvalue weighted by atomic mass is 10.4. The first-order valence-electron chi connectivity index (χ1n) is 5.28. The zero-order valence-corrected chi connectivity index (χ0v) is 9.24. The smallest absolute Gasteiger partial charge is 0.363 e. The van der Waals surface area contributed by atoms with Crippen LogP contribution in [-0.4, -0.2) is 30.0 Å². The highest BCUT2D eigenvalue weighted by Crippen LogP contribution is 2.04. The van der Waals surface area contributed by atoms with Crippen LogP contribution in [0.5, 0.6) is 0 Å². The van der Waals surface area contributed by atoms with Crippen LogP contribution in [0.1, 0.15) is 5.69 Å². The summed E-state index contributed by atoms with van der Waals surface area (Å²) >= 11 is 0. The zero-order chi connectivity index (χ0) is 12.4. The predicted molar refractivity (Wildman–Crippen MR) is 63.0 cm³/mol. The SMILES string of the molecule is O=c1[nH]nc2ccc(NCc3cccnn3)nn12. The van der Waals surface area contributed by atoms with Crippen molar-refractivity contribution in [2.45, 2.75) is 6.54 Å². The van der Waals surface area contributed by atoms with Gasteiger partial charge in [-0.25, -0.2) is 9.89 Å². The molecule has 0 saturated carbocycles. The van der Waals surface area contributed by atoms with Gasteiger partial charge in [0, 0.05) is 6.20 Å². The Bertz CT molecular complexity index is 718. The molecule has 90 valence electrons. The highest BCUT2D eigenvalue weighted by molar-refractivity contribution is 5.43. The van der Waals surface area contributed by atoms with E-state index >= 15 is 0 Å². The molecule has 3 aromatic rings. The average Bonchev–Trinajstić information content (AvgIpc) is 2.79. The van der Waals surface area contributed by atoms with E-state index in [4.69, 9.17) is 0 Å². The van der Waals surface area contributed by atoms with Gasteiger partial charge in [-0.15, -0.1) is 5.10 Å². The molecule has 0 aromatic carbocycles. The van der Waals surface area contributed by atoms with E-state index in [-0.39, 0.29) is 5.69 Å². The number of hydrogen-bond acceptors (Lipinski definition) is 6. The molecular weight excluding hydrogens is 234 g/mol. The Kier molecular flexibility index (Phi) is 2.45. The molecule has 3 heterocycles. The van der Waals surface area contributed by atoms with Crippen molar-refractivity contribution in [3.8, 4) is 0 Å². The van der Waals surface area contributed by atoms with Crippen LogP contribution in [0.25, 0.3) is 5.65 Å². The Balaban J connectivity index is 1.83. The molecule has 0 amide bonds. The molecule has 0 fully saturated rings. The molecule has 3 aromatic heterocycles. The van der Waals surface area contributed by atoms with Gasteiger partial charge in [-0.2, -0.15) is 19.8 Å². The van der Waals surface area contributed by atoms with Gasteiger partial charge in [0.15, 0.2) is 5.65 Å². The fourth-order valence-corrected chi connectivity index (χ4v) is 1.51. The second-order valence-corrected chi connectivity index (χ2v) is 3.59. The van der Waals surface area contributed by atoms with E-state index in [0.29, 0.717) is 18.0 Å².